The second-order valence-corrected chi connectivity index (χ2v) is 5.54. The minimum atomic E-state index is -0.447. The average Bonchev–Trinajstić information content (AvgIpc) is 2.39. The second-order valence-electron chi connectivity index (χ2n) is 5.13. The summed E-state index contributed by atoms with van der Waals surface area (Å²) in [6, 6.07) is 5.05. The summed E-state index contributed by atoms with van der Waals surface area (Å²) in [5.74, 6) is 0. The molecule has 1 aromatic rings. The van der Waals surface area contributed by atoms with Gasteiger partial charge >= 0.3 is 0 Å². The molecule has 0 amide bonds. The molecule has 0 spiro atoms. The van der Waals surface area contributed by atoms with Crippen molar-refractivity contribution in [2.24, 2.45) is 0 Å². The first-order valence-electron chi connectivity index (χ1n) is 6.80. The zero-order valence-electron chi connectivity index (χ0n) is 12.2. The van der Waals surface area contributed by atoms with Crippen LogP contribution in [0.5, 0.6) is 0 Å². The van der Waals surface area contributed by atoms with Crippen molar-refractivity contribution in [3.63, 3.8) is 0 Å². The van der Waals surface area contributed by atoms with E-state index in [1.54, 1.807) is 6.07 Å². The summed E-state index contributed by atoms with van der Waals surface area (Å²) in [7, 11) is 2.12. The highest BCUT2D eigenvalue weighted by molar-refractivity contribution is 6.33. The summed E-state index contributed by atoms with van der Waals surface area (Å²) in [6.45, 7) is 6.22. The third kappa shape index (κ3) is 5.35. The number of nitrogens with one attached hydrogen (secondary N) is 1. The van der Waals surface area contributed by atoms with Crippen LogP contribution in [0.3, 0.4) is 0 Å². The fourth-order valence-corrected chi connectivity index (χ4v) is 1.97. The third-order valence-electron chi connectivity index (χ3n) is 3.30. The van der Waals surface area contributed by atoms with Crippen LogP contribution in [0.1, 0.15) is 26.7 Å². The number of nitrogens with zero attached hydrogens (tertiary/aromatic N) is 2. The van der Waals surface area contributed by atoms with E-state index in [1.165, 1.54) is 12.1 Å². The van der Waals surface area contributed by atoms with E-state index in [4.69, 9.17) is 11.6 Å². The van der Waals surface area contributed by atoms with Gasteiger partial charge in [0.1, 0.15) is 0 Å². The Balaban J connectivity index is 2.34. The quantitative estimate of drug-likeness (QED) is 0.451. The molecule has 0 aliphatic carbocycles. The van der Waals surface area contributed by atoms with E-state index < -0.39 is 4.92 Å². The van der Waals surface area contributed by atoms with Gasteiger partial charge in [-0.15, -0.1) is 0 Å². The molecule has 0 heterocycles. The number of hydrogen-bond acceptors (Lipinski definition) is 4. The molecule has 112 valence electrons. The molecule has 0 aliphatic heterocycles. The summed E-state index contributed by atoms with van der Waals surface area (Å²) >= 11 is 6.00. The van der Waals surface area contributed by atoms with Crippen LogP contribution >= 0.6 is 11.6 Å². The standard InChI is InChI=1S/C14H22ClN3O2/c1-11(2)17(3)9-5-4-8-16-14-7-6-12(18(19)20)10-13(14)15/h6-7,10-11,16H,4-5,8-9H2,1-3H3. The Morgan fingerprint density at radius 1 is 1.40 bits per heavy atom. The first-order valence-corrected chi connectivity index (χ1v) is 7.17. The van der Waals surface area contributed by atoms with Crippen LogP contribution < -0.4 is 5.32 Å². The van der Waals surface area contributed by atoms with Gasteiger partial charge in [0.15, 0.2) is 0 Å². The molecule has 20 heavy (non-hydrogen) atoms. The Kier molecular flexibility index (Phi) is 6.75. The van der Waals surface area contributed by atoms with Gasteiger partial charge in [0.25, 0.3) is 5.69 Å². The Bertz CT molecular complexity index is 452. The van der Waals surface area contributed by atoms with Crippen molar-refractivity contribution in [3.05, 3.63) is 33.3 Å². The topological polar surface area (TPSA) is 58.4 Å². The fourth-order valence-electron chi connectivity index (χ4n) is 1.73. The number of unbranched alkanes of at least 4 members (excludes halogenated alkanes) is 1. The molecule has 0 fully saturated rings. The van der Waals surface area contributed by atoms with E-state index in [-0.39, 0.29) is 5.69 Å². The molecule has 5 nitrogen and oxygen atoms in total. The number of benzene rings is 1. The fraction of sp³-hybridized carbons (Fsp3) is 0.571. The highest BCUT2D eigenvalue weighted by atomic mass is 35.5. The minimum Gasteiger partial charge on any atom is -0.384 e. The summed E-state index contributed by atoms with van der Waals surface area (Å²) in [6.07, 6.45) is 2.14. The van der Waals surface area contributed by atoms with E-state index in [1.807, 2.05) is 0 Å². The average molecular weight is 300 g/mol. The molecule has 0 atom stereocenters. The number of rotatable bonds is 8. The highest BCUT2D eigenvalue weighted by Gasteiger charge is 2.09. The van der Waals surface area contributed by atoms with Crippen LogP contribution in [-0.2, 0) is 0 Å². The van der Waals surface area contributed by atoms with Gasteiger partial charge in [-0.1, -0.05) is 11.6 Å². The van der Waals surface area contributed by atoms with Crippen molar-refractivity contribution < 1.29 is 4.92 Å². The number of halogens is 1. The lowest BCUT2D eigenvalue weighted by atomic mass is 10.2. The SMILES string of the molecule is CC(C)N(C)CCCCNc1ccc([N+](=O)[O-])cc1Cl. The van der Waals surface area contributed by atoms with Crippen LogP contribution in [-0.4, -0.2) is 36.0 Å². The molecular weight excluding hydrogens is 278 g/mol. The lowest BCUT2D eigenvalue weighted by molar-refractivity contribution is -0.384. The number of nitro benzene ring substituents is 1. The third-order valence-corrected chi connectivity index (χ3v) is 3.61. The Morgan fingerprint density at radius 2 is 2.10 bits per heavy atom. The summed E-state index contributed by atoms with van der Waals surface area (Å²) in [5.41, 5.74) is 0.758. The second kappa shape index (κ2) is 8.07. The summed E-state index contributed by atoms with van der Waals surface area (Å²) in [5, 5.41) is 14.2. The van der Waals surface area contributed by atoms with Crippen LogP contribution in [0.2, 0.25) is 5.02 Å². The first-order chi connectivity index (χ1) is 9.41. The van der Waals surface area contributed by atoms with Gasteiger partial charge in [-0.05, 0) is 46.3 Å². The molecule has 0 saturated carbocycles. The summed E-state index contributed by atoms with van der Waals surface area (Å²) in [4.78, 5) is 12.5. The monoisotopic (exact) mass is 299 g/mol. The number of anilines is 1. The zero-order chi connectivity index (χ0) is 15.1. The highest BCUT2D eigenvalue weighted by Crippen LogP contribution is 2.26. The van der Waals surface area contributed by atoms with Crippen molar-refractivity contribution in [1.29, 1.82) is 0 Å². The van der Waals surface area contributed by atoms with Gasteiger partial charge in [-0.3, -0.25) is 10.1 Å². The van der Waals surface area contributed by atoms with Crippen LogP contribution in [0, 0.1) is 10.1 Å². The summed E-state index contributed by atoms with van der Waals surface area (Å²) < 4.78 is 0. The van der Waals surface area contributed by atoms with Gasteiger partial charge in [-0.2, -0.15) is 0 Å². The van der Waals surface area contributed by atoms with E-state index in [0.717, 1.165) is 31.6 Å². The molecule has 0 aliphatic rings. The van der Waals surface area contributed by atoms with Crippen LogP contribution in [0.25, 0.3) is 0 Å². The predicted octanol–water partition coefficient (Wildman–Crippen LogP) is 3.78. The van der Waals surface area contributed by atoms with Gasteiger partial charge in [-0.25, -0.2) is 0 Å². The number of non-ortho nitro benzene ring substituents is 1. The van der Waals surface area contributed by atoms with E-state index in [0.29, 0.717) is 11.1 Å². The largest absolute Gasteiger partial charge is 0.384 e. The molecule has 0 aromatic heterocycles. The number of nitro groups is 1. The maximum Gasteiger partial charge on any atom is 0.271 e. The van der Waals surface area contributed by atoms with Gasteiger partial charge in [0.2, 0.25) is 0 Å². The van der Waals surface area contributed by atoms with Crippen molar-refractivity contribution in [2.45, 2.75) is 32.7 Å². The predicted molar refractivity (Wildman–Crippen MR) is 83.6 cm³/mol. The molecule has 0 saturated heterocycles. The minimum absolute atomic E-state index is 0.0131. The van der Waals surface area contributed by atoms with Gasteiger partial charge < -0.3 is 10.2 Å². The lowest BCUT2D eigenvalue weighted by Gasteiger charge is -2.20. The Morgan fingerprint density at radius 3 is 2.65 bits per heavy atom. The van der Waals surface area contributed by atoms with Crippen molar-refractivity contribution in [2.75, 3.05) is 25.5 Å². The maximum absolute atomic E-state index is 10.6. The van der Waals surface area contributed by atoms with Gasteiger partial charge in [0.05, 0.1) is 15.6 Å². The molecule has 6 heteroatoms. The molecule has 0 unspecified atom stereocenters. The molecule has 1 N–H and O–H groups in total. The van der Waals surface area contributed by atoms with Gasteiger partial charge in [0, 0.05) is 24.7 Å². The van der Waals surface area contributed by atoms with E-state index >= 15 is 0 Å². The number of hydrogen-bond donors (Lipinski definition) is 1. The normalized spacial score (nSPS) is 11.1. The van der Waals surface area contributed by atoms with Crippen molar-refractivity contribution in [1.82, 2.24) is 4.90 Å². The molecule has 1 aromatic carbocycles. The zero-order valence-corrected chi connectivity index (χ0v) is 13.0. The Labute approximate surface area is 125 Å². The van der Waals surface area contributed by atoms with Crippen LogP contribution in [0.15, 0.2) is 18.2 Å². The maximum atomic E-state index is 10.6. The van der Waals surface area contributed by atoms with E-state index in [9.17, 15) is 10.1 Å². The Hall–Kier alpha value is -1.33. The first kappa shape index (κ1) is 16.7. The van der Waals surface area contributed by atoms with Crippen LogP contribution in [0.4, 0.5) is 11.4 Å². The van der Waals surface area contributed by atoms with Crippen molar-refractivity contribution in [3.8, 4) is 0 Å². The molecule has 1 rings (SSSR count). The van der Waals surface area contributed by atoms with Crippen molar-refractivity contribution >= 4 is 23.0 Å². The van der Waals surface area contributed by atoms with E-state index in [2.05, 4.69) is 31.1 Å². The lowest BCUT2D eigenvalue weighted by Crippen LogP contribution is -2.27. The molecule has 0 radical (unpaired) electrons. The smallest absolute Gasteiger partial charge is 0.271 e. The molecular formula is C14H22ClN3O2. The molecule has 0 bridgehead atoms.